The molecule has 0 aliphatic rings. The lowest BCUT2D eigenvalue weighted by molar-refractivity contribution is -0.120. The summed E-state index contributed by atoms with van der Waals surface area (Å²) in [5, 5.41) is 4.92. The van der Waals surface area contributed by atoms with Gasteiger partial charge in [0.25, 0.3) is 0 Å². The van der Waals surface area contributed by atoms with Crippen molar-refractivity contribution in [1.82, 2.24) is 5.32 Å². The third-order valence-electron chi connectivity index (χ3n) is 3.45. The summed E-state index contributed by atoms with van der Waals surface area (Å²) in [6.07, 6.45) is 0.189. The van der Waals surface area contributed by atoms with Gasteiger partial charge in [-0.2, -0.15) is 0 Å². The van der Waals surface area contributed by atoms with E-state index < -0.39 is 0 Å². The molecule has 1 N–H and O–H groups in total. The van der Waals surface area contributed by atoms with E-state index >= 15 is 0 Å². The topological polar surface area (TPSA) is 55.4 Å². The number of hydrogen-bond donors (Lipinski definition) is 1. The quantitative estimate of drug-likeness (QED) is 0.833. The molecule has 4 nitrogen and oxygen atoms in total. The van der Waals surface area contributed by atoms with Crippen molar-refractivity contribution in [2.45, 2.75) is 26.8 Å². The number of ketones is 1. The molecule has 0 unspecified atom stereocenters. The number of amides is 1. The highest BCUT2D eigenvalue weighted by atomic mass is 32.1. The molecule has 1 aromatic heterocycles. The van der Waals surface area contributed by atoms with Crippen LogP contribution in [0.4, 0.5) is 0 Å². The third-order valence-corrected chi connectivity index (χ3v) is 4.48. The molecule has 0 fully saturated rings. The van der Waals surface area contributed by atoms with E-state index in [1.54, 1.807) is 36.6 Å². The highest BCUT2D eigenvalue weighted by molar-refractivity contribution is 7.10. The van der Waals surface area contributed by atoms with Gasteiger partial charge in [0.2, 0.25) is 5.91 Å². The fraction of sp³-hybridized carbons (Fsp3) is 0.294. The Labute approximate surface area is 134 Å². The lowest BCUT2D eigenvalue weighted by atomic mass is 10.0. The molecular weight excluding hydrogens is 298 g/mol. The van der Waals surface area contributed by atoms with Gasteiger partial charge in [-0.05, 0) is 49.1 Å². The number of aryl methyl sites for hydroxylation is 1. The van der Waals surface area contributed by atoms with Gasteiger partial charge >= 0.3 is 0 Å². The molecule has 2 rings (SSSR count). The molecule has 0 bridgehead atoms. The first-order valence-corrected chi connectivity index (χ1v) is 7.86. The third kappa shape index (κ3) is 3.95. The van der Waals surface area contributed by atoms with Gasteiger partial charge in [-0.3, -0.25) is 9.59 Å². The molecule has 22 heavy (non-hydrogen) atoms. The first kappa shape index (κ1) is 16.2. The van der Waals surface area contributed by atoms with E-state index in [4.69, 9.17) is 4.74 Å². The average molecular weight is 317 g/mol. The Morgan fingerprint density at radius 2 is 2.05 bits per heavy atom. The van der Waals surface area contributed by atoms with Gasteiger partial charge in [-0.25, -0.2) is 0 Å². The molecule has 1 amide bonds. The predicted molar refractivity (Wildman–Crippen MR) is 87.6 cm³/mol. The van der Waals surface area contributed by atoms with Crippen molar-refractivity contribution in [3.05, 3.63) is 51.2 Å². The van der Waals surface area contributed by atoms with Crippen molar-refractivity contribution < 1.29 is 14.3 Å². The maximum Gasteiger partial charge on any atom is 0.224 e. The van der Waals surface area contributed by atoms with Crippen LogP contribution in [0.3, 0.4) is 0 Å². The van der Waals surface area contributed by atoms with Crippen LogP contribution in [-0.2, 0) is 17.8 Å². The second-order valence-corrected chi connectivity index (χ2v) is 6.06. The van der Waals surface area contributed by atoms with E-state index in [2.05, 4.69) is 5.32 Å². The molecule has 5 heteroatoms. The summed E-state index contributed by atoms with van der Waals surface area (Å²) in [5.74, 6) is 0.498. The monoisotopic (exact) mass is 317 g/mol. The molecule has 0 saturated heterocycles. The van der Waals surface area contributed by atoms with Gasteiger partial charge in [0.15, 0.2) is 5.78 Å². The summed E-state index contributed by atoms with van der Waals surface area (Å²) in [4.78, 5) is 24.7. The molecule has 0 radical (unpaired) electrons. The van der Waals surface area contributed by atoms with Gasteiger partial charge in [0.1, 0.15) is 5.75 Å². The molecule has 0 saturated carbocycles. The van der Waals surface area contributed by atoms with Gasteiger partial charge < -0.3 is 10.1 Å². The Balaban J connectivity index is 2.05. The van der Waals surface area contributed by atoms with Crippen molar-refractivity contribution in [3.63, 3.8) is 0 Å². The van der Waals surface area contributed by atoms with Crippen molar-refractivity contribution in [3.8, 4) is 5.75 Å². The van der Waals surface area contributed by atoms with Crippen molar-refractivity contribution >= 4 is 23.0 Å². The minimum absolute atomic E-state index is 0.0291. The number of rotatable bonds is 6. The average Bonchev–Trinajstić information content (AvgIpc) is 2.90. The van der Waals surface area contributed by atoms with E-state index in [9.17, 15) is 9.59 Å². The van der Waals surface area contributed by atoms with Crippen molar-refractivity contribution in [1.29, 1.82) is 0 Å². The number of Topliss-reactive ketones (excluding diaryl/α,β-unsaturated/α-hetero) is 1. The van der Waals surface area contributed by atoms with Crippen molar-refractivity contribution in [2.24, 2.45) is 0 Å². The summed E-state index contributed by atoms with van der Waals surface area (Å²) >= 11 is 1.63. The van der Waals surface area contributed by atoms with E-state index in [-0.39, 0.29) is 18.1 Å². The molecule has 1 aromatic carbocycles. The first-order valence-electron chi connectivity index (χ1n) is 6.98. The number of benzene rings is 1. The van der Waals surface area contributed by atoms with Crippen LogP contribution >= 0.6 is 11.3 Å². The van der Waals surface area contributed by atoms with Crippen LogP contribution in [0.2, 0.25) is 0 Å². The van der Waals surface area contributed by atoms with E-state index in [1.165, 1.54) is 12.5 Å². The molecule has 116 valence electrons. The second-order valence-electron chi connectivity index (χ2n) is 5.06. The van der Waals surface area contributed by atoms with E-state index in [1.807, 2.05) is 18.4 Å². The van der Waals surface area contributed by atoms with E-state index in [0.717, 1.165) is 10.4 Å². The summed E-state index contributed by atoms with van der Waals surface area (Å²) in [6.45, 7) is 4.06. The minimum atomic E-state index is -0.0909. The Hall–Kier alpha value is -2.14. The highest BCUT2D eigenvalue weighted by Crippen LogP contribution is 2.21. The second kappa shape index (κ2) is 7.22. The molecule has 0 atom stereocenters. The molecule has 1 heterocycles. The zero-order valence-corrected chi connectivity index (χ0v) is 13.8. The fourth-order valence-electron chi connectivity index (χ4n) is 2.14. The maximum atomic E-state index is 12.1. The predicted octanol–water partition coefficient (Wildman–Crippen LogP) is 3.13. The van der Waals surface area contributed by atoms with Crippen LogP contribution < -0.4 is 10.1 Å². The summed E-state index contributed by atoms with van der Waals surface area (Å²) in [5.41, 5.74) is 2.48. The number of carbonyl (C=O) groups excluding carboxylic acids is 2. The largest absolute Gasteiger partial charge is 0.496 e. The Bertz CT molecular complexity index is 691. The summed E-state index contributed by atoms with van der Waals surface area (Å²) in [7, 11) is 1.55. The van der Waals surface area contributed by atoms with E-state index in [0.29, 0.717) is 17.9 Å². The molecule has 0 aliphatic carbocycles. The standard InChI is InChI=1S/C17H19NO3S/c1-11-6-7-22-16(11)10-18-17(20)9-14-8-13(12(2)19)4-5-15(14)21-3/h4-8H,9-10H2,1-3H3,(H,18,20). The van der Waals surface area contributed by atoms with Gasteiger partial charge in [0.05, 0.1) is 20.1 Å². The highest BCUT2D eigenvalue weighted by Gasteiger charge is 2.12. The van der Waals surface area contributed by atoms with Crippen LogP contribution in [0.15, 0.2) is 29.6 Å². The minimum Gasteiger partial charge on any atom is -0.496 e. The number of carbonyl (C=O) groups is 2. The molecule has 0 spiro atoms. The Morgan fingerprint density at radius 1 is 1.27 bits per heavy atom. The SMILES string of the molecule is COc1ccc(C(C)=O)cc1CC(=O)NCc1sccc1C. The van der Waals surface area contributed by atoms with Crippen LogP contribution in [0.5, 0.6) is 5.75 Å². The van der Waals surface area contributed by atoms with Gasteiger partial charge in [-0.1, -0.05) is 0 Å². The molecular formula is C17H19NO3S. The number of hydrogen-bond acceptors (Lipinski definition) is 4. The number of methoxy groups -OCH3 is 1. The smallest absolute Gasteiger partial charge is 0.224 e. The lowest BCUT2D eigenvalue weighted by Crippen LogP contribution is -2.24. The lowest BCUT2D eigenvalue weighted by Gasteiger charge is -2.10. The normalized spacial score (nSPS) is 10.3. The summed E-state index contributed by atoms with van der Waals surface area (Å²) < 4.78 is 5.26. The summed E-state index contributed by atoms with van der Waals surface area (Å²) in [6, 6.07) is 7.18. The van der Waals surface area contributed by atoms with Crippen LogP contribution in [0.1, 0.15) is 33.3 Å². The maximum absolute atomic E-state index is 12.1. The van der Waals surface area contributed by atoms with Crippen LogP contribution in [0.25, 0.3) is 0 Å². The first-order chi connectivity index (χ1) is 10.5. The zero-order chi connectivity index (χ0) is 16.1. The zero-order valence-electron chi connectivity index (χ0n) is 12.9. The Kier molecular flexibility index (Phi) is 5.33. The molecule has 2 aromatic rings. The number of ether oxygens (including phenoxy) is 1. The van der Waals surface area contributed by atoms with Crippen LogP contribution in [-0.4, -0.2) is 18.8 Å². The van der Waals surface area contributed by atoms with Gasteiger partial charge in [0, 0.05) is 16.0 Å². The number of thiophene rings is 1. The Morgan fingerprint density at radius 3 is 2.64 bits per heavy atom. The molecule has 0 aliphatic heterocycles. The van der Waals surface area contributed by atoms with Gasteiger partial charge in [-0.15, -0.1) is 11.3 Å². The number of nitrogens with one attached hydrogen (secondary N) is 1. The fourth-order valence-corrected chi connectivity index (χ4v) is 2.98. The van der Waals surface area contributed by atoms with Crippen molar-refractivity contribution in [2.75, 3.05) is 7.11 Å². The van der Waals surface area contributed by atoms with Crippen LogP contribution in [0, 0.1) is 6.92 Å².